The molecular weight excluding hydrogens is 242 g/mol. The van der Waals surface area contributed by atoms with Crippen LogP contribution in [0.2, 0.25) is 0 Å². The van der Waals surface area contributed by atoms with E-state index in [-0.39, 0.29) is 0 Å². The quantitative estimate of drug-likeness (QED) is 0.859. The van der Waals surface area contributed by atoms with Gasteiger partial charge in [0.05, 0.1) is 6.20 Å². The van der Waals surface area contributed by atoms with Crippen molar-refractivity contribution in [1.82, 2.24) is 15.1 Å². The van der Waals surface area contributed by atoms with Crippen LogP contribution in [0.1, 0.15) is 44.2 Å². The number of aromatic nitrogens is 2. The molecule has 102 valence electrons. The van der Waals surface area contributed by atoms with Crippen molar-refractivity contribution in [3.63, 3.8) is 0 Å². The predicted octanol–water partition coefficient (Wildman–Crippen LogP) is 2.99. The lowest BCUT2D eigenvalue weighted by Crippen LogP contribution is -2.25. The third-order valence-electron chi connectivity index (χ3n) is 3.68. The number of hydrogen-bond donors (Lipinski definition) is 1. The van der Waals surface area contributed by atoms with Gasteiger partial charge in [0.15, 0.2) is 0 Å². The SMILES string of the molecule is CCCNC(CC1CCSCC1)c1cnn(C)c1. The van der Waals surface area contributed by atoms with E-state index in [1.165, 1.54) is 42.8 Å². The Balaban J connectivity index is 1.95. The van der Waals surface area contributed by atoms with Gasteiger partial charge in [-0.2, -0.15) is 16.9 Å². The molecule has 2 heterocycles. The van der Waals surface area contributed by atoms with E-state index >= 15 is 0 Å². The lowest BCUT2D eigenvalue weighted by atomic mass is 9.92. The Hall–Kier alpha value is -0.480. The van der Waals surface area contributed by atoms with Crippen LogP contribution >= 0.6 is 11.8 Å². The van der Waals surface area contributed by atoms with Gasteiger partial charge >= 0.3 is 0 Å². The molecule has 0 saturated carbocycles. The summed E-state index contributed by atoms with van der Waals surface area (Å²) in [5.41, 5.74) is 1.35. The molecule has 1 saturated heterocycles. The second-order valence-corrected chi connectivity index (χ2v) is 6.47. The van der Waals surface area contributed by atoms with Crippen molar-refractivity contribution < 1.29 is 0 Å². The Morgan fingerprint density at radius 2 is 2.28 bits per heavy atom. The minimum absolute atomic E-state index is 0.492. The molecule has 0 aliphatic carbocycles. The monoisotopic (exact) mass is 267 g/mol. The van der Waals surface area contributed by atoms with Crippen LogP contribution < -0.4 is 5.32 Å². The molecule has 4 heteroatoms. The fourth-order valence-electron chi connectivity index (χ4n) is 2.59. The van der Waals surface area contributed by atoms with Gasteiger partial charge in [0.1, 0.15) is 0 Å². The van der Waals surface area contributed by atoms with E-state index in [2.05, 4.69) is 35.3 Å². The van der Waals surface area contributed by atoms with Crippen molar-refractivity contribution in [2.45, 2.75) is 38.6 Å². The van der Waals surface area contributed by atoms with Crippen LogP contribution in [0.15, 0.2) is 12.4 Å². The van der Waals surface area contributed by atoms with Gasteiger partial charge in [0.2, 0.25) is 0 Å². The summed E-state index contributed by atoms with van der Waals surface area (Å²) in [5, 5.41) is 8.00. The molecule has 1 N–H and O–H groups in total. The van der Waals surface area contributed by atoms with Gasteiger partial charge in [-0.05, 0) is 49.7 Å². The Kier molecular flexibility index (Phi) is 5.57. The molecule has 1 fully saturated rings. The first-order valence-corrected chi connectivity index (χ1v) is 8.24. The number of rotatable bonds is 6. The van der Waals surface area contributed by atoms with Crippen molar-refractivity contribution in [3.8, 4) is 0 Å². The van der Waals surface area contributed by atoms with E-state index in [0.717, 1.165) is 12.5 Å². The van der Waals surface area contributed by atoms with Crippen LogP contribution in [-0.4, -0.2) is 27.8 Å². The van der Waals surface area contributed by atoms with E-state index in [9.17, 15) is 0 Å². The van der Waals surface area contributed by atoms with E-state index in [1.807, 2.05) is 17.9 Å². The maximum Gasteiger partial charge on any atom is 0.0537 e. The molecule has 1 aromatic rings. The number of hydrogen-bond acceptors (Lipinski definition) is 3. The van der Waals surface area contributed by atoms with E-state index in [1.54, 1.807) is 0 Å². The molecule has 0 bridgehead atoms. The molecule has 3 nitrogen and oxygen atoms in total. The Morgan fingerprint density at radius 3 is 2.89 bits per heavy atom. The number of nitrogens with zero attached hydrogens (tertiary/aromatic N) is 2. The summed E-state index contributed by atoms with van der Waals surface area (Å²) < 4.78 is 1.91. The second-order valence-electron chi connectivity index (χ2n) is 5.25. The summed E-state index contributed by atoms with van der Waals surface area (Å²) in [4.78, 5) is 0. The Morgan fingerprint density at radius 1 is 1.50 bits per heavy atom. The maximum absolute atomic E-state index is 4.31. The Labute approximate surface area is 115 Å². The van der Waals surface area contributed by atoms with Crippen LogP contribution in [-0.2, 0) is 7.05 Å². The van der Waals surface area contributed by atoms with Gasteiger partial charge in [-0.15, -0.1) is 0 Å². The highest BCUT2D eigenvalue weighted by Gasteiger charge is 2.20. The molecule has 0 amide bonds. The average Bonchev–Trinajstić information content (AvgIpc) is 2.82. The van der Waals surface area contributed by atoms with Gasteiger partial charge in [-0.1, -0.05) is 6.92 Å². The van der Waals surface area contributed by atoms with E-state index < -0.39 is 0 Å². The summed E-state index contributed by atoms with van der Waals surface area (Å²) >= 11 is 2.11. The topological polar surface area (TPSA) is 29.9 Å². The smallest absolute Gasteiger partial charge is 0.0537 e. The zero-order valence-electron chi connectivity index (χ0n) is 11.6. The average molecular weight is 267 g/mol. The number of aryl methyl sites for hydroxylation is 1. The minimum Gasteiger partial charge on any atom is -0.310 e. The number of nitrogens with one attached hydrogen (secondary N) is 1. The van der Waals surface area contributed by atoms with Crippen molar-refractivity contribution in [3.05, 3.63) is 18.0 Å². The predicted molar refractivity (Wildman–Crippen MR) is 78.9 cm³/mol. The Bertz CT molecular complexity index is 345. The zero-order valence-corrected chi connectivity index (χ0v) is 12.4. The maximum atomic E-state index is 4.31. The highest BCUT2D eigenvalue weighted by molar-refractivity contribution is 7.99. The first-order chi connectivity index (χ1) is 8.79. The highest BCUT2D eigenvalue weighted by atomic mass is 32.2. The molecule has 1 atom stereocenters. The van der Waals surface area contributed by atoms with Crippen LogP contribution in [0, 0.1) is 5.92 Å². The molecule has 1 aliphatic rings. The summed E-state index contributed by atoms with van der Waals surface area (Å²) in [6.07, 6.45) is 9.41. The normalized spacial score (nSPS) is 19.0. The van der Waals surface area contributed by atoms with E-state index in [4.69, 9.17) is 0 Å². The fourth-order valence-corrected chi connectivity index (χ4v) is 3.80. The lowest BCUT2D eigenvalue weighted by molar-refractivity contribution is 0.370. The molecule has 18 heavy (non-hydrogen) atoms. The molecule has 1 unspecified atom stereocenters. The summed E-state index contributed by atoms with van der Waals surface area (Å²) in [7, 11) is 2.00. The largest absolute Gasteiger partial charge is 0.310 e. The first kappa shape index (κ1) is 13.9. The fraction of sp³-hybridized carbons (Fsp3) is 0.786. The zero-order chi connectivity index (χ0) is 12.8. The van der Waals surface area contributed by atoms with Gasteiger partial charge in [0, 0.05) is 24.8 Å². The van der Waals surface area contributed by atoms with Gasteiger partial charge < -0.3 is 5.32 Å². The van der Waals surface area contributed by atoms with Gasteiger partial charge in [0.25, 0.3) is 0 Å². The van der Waals surface area contributed by atoms with Crippen molar-refractivity contribution >= 4 is 11.8 Å². The summed E-state index contributed by atoms with van der Waals surface area (Å²) in [6.45, 7) is 3.32. The van der Waals surface area contributed by atoms with Crippen molar-refractivity contribution in [2.24, 2.45) is 13.0 Å². The molecular formula is C14H25N3S. The first-order valence-electron chi connectivity index (χ1n) is 7.09. The van der Waals surface area contributed by atoms with Crippen LogP contribution in [0.4, 0.5) is 0 Å². The third-order valence-corrected chi connectivity index (χ3v) is 4.73. The molecule has 1 aromatic heterocycles. The van der Waals surface area contributed by atoms with Crippen LogP contribution in [0.5, 0.6) is 0 Å². The summed E-state index contributed by atoms with van der Waals surface area (Å²) in [6, 6.07) is 0.492. The van der Waals surface area contributed by atoms with Crippen LogP contribution in [0.25, 0.3) is 0 Å². The number of thioether (sulfide) groups is 1. The molecule has 2 rings (SSSR count). The molecule has 0 radical (unpaired) electrons. The molecule has 0 spiro atoms. The van der Waals surface area contributed by atoms with Crippen molar-refractivity contribution in [2.75, 3.05) is 18.1 Å². The highest BCUT2D eigenvalue weighted by Crippen LogP contribution is 2.30. The van der Waals surface area contributed by atoms with Crippen molar-refractivity contribution in [1.29, 1.82) is 0 Å². The van der Waals surface area contributed by atoms with Gasteiger partial charge in [-0.25, -0.2) is 0 Å². The second kappa shape index (κ2) is 7.19. The lowest BCUT2D eigenvalue weighted by Gasteiger charge is -2.26. The minimum atomic E-state index is 0.492. The van der Waals surface area contributed by atoms with E-state index in [0.29, 0.717) is 6.04 Å². The van der Waals surface area contributed by atoms with Gasteiger partial charge in [-0.3, -0.25) is 4.68 Å². The van der Waals surface area contributed by atoms with Crippen LogP contribution in [0.3, 0.4) is 0 Å². The molecule has 1 aliphatic heterocycles. The standard InChI is InChI=1S/C14H25N3S/c1-3-6-15-14(13-10-16-17(2)11-13)9-12-4-7-18-8-5-12/h10-12,14-15H,3-9H2,1-2H3. The third kappa shape index (κ3) is 4.02. The molecule has 0 aromatic carbocycles. The summed E-state index contributed by atoms with van der Waals surface area (Å²) in [5.74, 6) is 3.58.